The fraction of sp³-hybridized carbons (Fsp3) is 0.930. The largest absolute Gasteiger partial charge is 0.462 e. The number of carbonyl (C=O) groups excluding carboxylic acids is 3. The summed E-state index contributed by atoms with van der Waals surface area (Å²) in [6.45, 7) is 5.61. The molecule has 4 atom stereocenters. The molecule has 0 saturated heterocycles. The van der Waals surface area contributed by atoms with Crippen LogP contribution in [0.3, 0.4) is 0 Å². The minimum Gasteiger partial charge on any atom is -0.462 e. The van der Waals surface area contributed by atoms with E-state index in [0.717, 1.165) is 57.8 Å². The Hall–Kier alpha value is -0.540. The van der Waals surface area contributed by atoms with Crippen LogP contribution >= 0.6 is 37.9 Å². The van der Waals surface area contributed by atoms with Crippen molar-refractivity contribution in [3.8, 4) is 0 Å². The molecule has 0 heterocycles. The van der Waals surface area contributed by atoms with Gasteiger partial charge in [-0.3, -0.25) is 14.4 Å². The van der Waals surface area contributed by atoms with Crippen LogP contribution in [-0.4, -0.2) is 53.0 Å². The van der Waals surface area contributed by atoms with Crippen LogP contribution in [0.1, 0.15) is 220 Å². The Balaban J connectivity index is 3.92. The van der Waals surface area contributed by atoms with Crippen molar-refractivity contribution in [3.05, 3.63) is 0 Å². The van der Waals surface area contributed by atoms with Gasteiger partial charge in [0.05, 0.1) is 0 Å². The van der Waals surface area contributed by atoms with Crippen LogP contribution in [0.5, 0.6) is 0 Å². The minimum atomic E-state index is -0.782. The number of thiol groups is 3. The fourth-order valence-electron chi connectivity index (χ4n) is 6.50. The second kappa shape index (κ2) is 38.7. The average Bonchev–Trinajstić information content (AvgIpc) is 3.12. The first-order chi connectivity index (χ1) is 25.2. The Kier molecular flexibility index (Phi) is 38.3. The lowest BCUT2D eigenvalue weighted by Gasteiger charge is -2.18. The molecule has 4 unspecified atom stereocenters. The van der Waals surface area contributed by atoms with Gasteiger partial charge in [0.15, 0.2) is 6.10 Å². The summed E-state index contributed by atoms with van der Waals surface area (Å²) in [6.07, 6.45) is 34.5. The van der Waals surface area contributed by atoms with Crippen LogP contribution in [0.2, 0.25) is 0 Å². The van der Waals surface area contributed by atoms with Crippen LogP contribution in [0, 0.1) is 0 Å². The van der Waals surface area contributed by atoms with Gasteiger partial charge in [-0.05, 0) is 51.4 Å². The lowest BCUT2D eigenvalue weighted by Crippen LogP contribution is -2.30. The predicted octanol–water partition coefficient (Wildman–Crippen LogP) is 13.0. The number of carbonyl (C=O) groups is 3. The molecule has 0 rings (SSSR count). The van der Waals surface area contributed by atoms with Crippen LogP contribution in [-0.2, 0) is 28.6 Å². The molecule has 0 amide bonds. The van der Waals surface area contributed by atoms with Crippen molar-refractivity contribution in [2.75, 3.05) is 13.2 Å². The Morgan fingerprint density at radius 3 is 1.17 bits per heavy atom. The highest BCUT2D eigenvalue weighted by atomic mass is 32.1. The van der Waals surface area contributed by atoms with Crippen LogP contribution in [0.15, 0.2) is 0 Å². The van der Waals surface area contributed by atoms with Gasteiger partial charge in [0.1, 0.15) is 13.2 Å². The molecule has 9 heteroatoms. The zero-order valence-electron chi connectivity index (χ0n) is 33.9. The molecule has 0 aromatic rings. The van der Waals surface area contributed by atoms with Crippen molar-refractivity contribution in [2.45, 2.75) is 242 Å². The highest BCUT2D eigenvalue weighted by molar-refractivity contribution is 7.81. The van der Waals surface area contributed by atoms with Crippen LogP contribution in [0.25, 0.3) is 0 Å². The SMILES string of the molecule is CCCCCCCCCC(S)CCCCCCCCC(=O)OC(COC(C)=O)COC(=O)CCCCCCCCC(S)CCC(S)CCCCCC. The molecule has 52 heavy (non-hydrogen) atoms. The zero-order chi connectivity index (χ0) is 38.5. The maximum absolute atomic E-state index is 12.5. The summed E-state index contributed by atoms with van der Waals surface area (Å²) >= 11 is 14.4. The number of rotatable bonds is 39. The van der Waals surface area contributed by atoms with Crippen molar-refractivity contribution in [2.24, 2.45) is 0 Å². The van der Waals surface area contributed by atoms with E-state index in [1.165, 1.54) is 135 Å². The smallest absolute Gasteiger partial charge is 0.306 e. The first-order valence-corrected chi connectivity index (χ1v) is 23.2. The first kappa shape index (κ1) is 51.5. The van der Waals surface area contributed by atoms with Gasteiger partial charge in [0.25, 0.3) is 0 Å². The Labute approximate surface area is 337 Å². The van der Waals surface area contributed by atoms with Crippen molar-refractivity contribution < 1.29 is 28.6 Å². The molecule has 0 aliphatic heterocycles. The van der Waals surface area contributed by atoms with E-state index in [4.69, 9.17) is 52.1 Å². The topological polar surface area (TPSA) is 78.9 Å². The second-order valence-electron chi connectivity index (χ2n) is 15.2. The average molecular weight is 791 g/mol. The minimum absolute atomic E-state index is 0.0966. The van der Waals surface area contributed by atoms with Crippen molar-refractivity contribution in [3.63, 3.8) is 0 Å². The molecule has 0 aromatic carbocycles. The number of esters is 3. The summed E-state index contributed by atoms with van der Waals surface area (Å²) in [5, 5.41) is 1.49. The number of unbranched alkanes of at least 4 members (excludes halogenated alkanes) is 19. The molecular formula is C43H82O6S3. The lowest BCUT2D eigenvalue weighted by atomic mass is 10.0. The Bertz CT molecular complexity index is 829. The molecule has 0 aromatic heterocycles. The molecule has 0 N–H and O–H groups in total. The predicted molar refractivity (Wildman–Crippen MR) is 230 cm³/mol. The van der Waals surface area contributed by atoms with E-state index in [9.17, 15) is 14.4 Å². The van der Waals surface area contributed by atoms with Crippen molar-refractivity contribution in [1.29, 1.82) is 0 Å². The van der Waals surface area contributed by atoms with E-state index in [1.807, 2.05) is 0 Å². The van der Waals surface area contributed by atoms with E-state index in [0.29, 0.717) is 28.6 Å². The Morgan fingerprint density at radius 2 is 0.750 bits per heavy atom. The van der Waals surface area contributed by atoms with Gasteiger partial charge in [0, 0.05) is 35.5 Å². The first-order valence-electron chi connectivity index (χ1n) is 21.7. The maximum Gasteiger partial charge on any atom is 0.306 e. The molecule has 0 aliphatic rings. The summed E-state index contributed by atoms with van der Waals surface area (Å²) in [7, 11) is 0. The van der Waals surface area contributed by atoms with E-state index >= 15 is 0 Å². The fourth-order valence-corrected chi connectivity index (χ4v) is 7.53. The van der Waals surface area contributed by atoms with E-state index < -0.39 is 12.1 Å². The van der Waals surface area contributed by atoms with Gasteiger partial charge in [-0.1, -0.05) is 149 Å². The standard InChI is InChI=1S/C43H82O6S3/c1-4-6-8-10-11-16-22-27-39(50)28-23-17-13-15-20-26-32-43(46)49-38(35-47-37(3)44)36-48-42(45)31-25-19-14-12-18-24-30-41(52)34-33-40(51)29-21-9-7-5-2/h38-41,50-52H,4-36H2,1-3H3. The summed E-state index contributed by atoms with van der Waals surface area (Å²) in [5.41, 5.74) is 0. The van der Waals surface area contributed by atoms with E-state index in [-0.39, 0.29) is 25.2 Å². The summed E-state index contributed by atoms with van der Waals surface area (Å²) < 4.78 is 16.0. The third-order valence-corrected chi connectivity index (χ3v) is 11.5. The highest BCUT2D eigenvalue weighted by Crippen LogP contribution is 2.21. The number of ether oxygens (including phenoxy) is 3. The summed E-state index contributed by atoms with van der Waals surface area (Å²) in [5.74, 6) is -1.11. The van der Waals surface area contributed by atoms with Crippen LogP contribution in [0.4, 0.5) is 0 Å². The molecule has 0 fully saturated rings. The molecule has 0 radical (unpaired) electrons. The number of hydrogen-bond donors (Lipinski definition) is 3. The van der Waals surface area contributed by atoms with E-state index in [1.54, 1.807) is 0 Å². The number of hydrogen-bond acceptors (Lipinski definition) is 9. The van der Waals surface area contributed by atoms with Crippen molar-refractivity contribution in [1.82, 2.24) is 0 Å². The molecular weight excluding hydrogens is 709 g/mol. The molecule has 0 aliphatic carbocycles. The normalized spacial score (nSPS) is 13.7. The summed E-state index contributed by atoms with van der Waals surface area (Å²) in [4.78, 5) is 36.2. The molecule has 0 spiro atoms. The third-order valence-electron chi connectivity index (χ3n) is 9.90. The van der Waals surface area contributed by atoms with Gasteiger partial charge < -0.3 is 14.2 Å². The molecule has 0 saturated carbocycles. The van der Waals surface area contributed by atoms with Gasteiger partial charge in [0.2, 0.25) is 0 Å². The molecule has 6 nitrogen and oxygen atoms in total. The van der Waals surface area contributed by atoms with E-state index in [2.05, 4.69) is 13.8 Å². The van der Waals surface area contributed by atoms with Gasteiger partial charge in [-0.25, -0.2) is 0 Å². The molecule has 308 valence electrons. The van der Waals surface area contributed by atoms with Gasteiger partial charge >= 0.3 is 17.9 Å². The highest BCUT2D eigenvalue weighted by Gasteiger charge is 2.19. The van der Waals surface area contributed by atoms with Crippen LogP contribution < -0.4 is 0 Å². The van der Waals surface area contributed by atoms with Gasteiger partial charge in [-0.2, -0.15) is 37.9 Å². The third kappa shape index (κ3) is 37.8. The summed E-state index contributed by atoms with van der Waals surface area (Å²) in [6, 6.07) is 0. The molecule has 0 bridgehead atoms. The van der Waals surface area contributed by atoms with Crippen molar-refractivity contribution >= 4 is 55.8 Å². The zero-order valence-corrected chi connectivity index (χ0v) is 36.6. The lowest BCUT2D eigenvalue weighted by molar-refractivity contribution is -0.166. The second-order valence-corrected chi connectivity index (χ2v) is 17.4. The van der Waals surface area contributed by atoms with Gasteiger partial charge in [-0.15, -0.1) is 0 Å². The maximum atomic E-state index is 12.5. The monoisotopic (exact) mass is 791 g/mol. The quantitative estimate of drug-likeness (QED) is 0.0249. The Morgan fingerprint density at radius 1 is 0.423 bits per heavy atom.